The normalized spacial score (nSPS) is 10.5. The van der Waals surface area contributed by atoms with Crippen LogP contribution in [-0.2, 0) is 6.54 Å². The Balaban J connectivity index is 2.28. The Morgan fingerprint density at radius 1 is 1.53 bits per heavy atom. The molecule has 0 amide bonds. The molecule has 2 aromatic rings. The van der Waals surface area contributed by atoms with E-state index in [1.54, 1.807) is 12.4 Å². The summed E-state index contributed by atoms with van der Waals surface area (Å²) in [5.41, 5.74) is 1.77. The predicted molar refractivity (Wildman–Crippen MR) is 64.7 cm³/mol. The topological polar surface area (TPSA) is 64.8 Å². The highest BCUT2D eigenvalue weighted by Crippen LogP contribution is 2.13. The fourth-order valence-corrected chi connectivity index (χ4v) is 2.24. The molecule has 0 fully saturated rings. The number of hydrogen-bond donors (Lipinski definition) is 0. The summed E-state index contributed by atoms with van der Waals surface area (Å²) in [6, 6.07) is 0. The molecule has 17 heavy (non-hydrogen) atoms. The molecule has 0 radical (unpaired) electrons. The van der Waals surface area contributed by atoms with Crippen molar-refractivity contribution in [3.8, 4) is 0 Å². The van der Waals surface area contributed by atoms with Crippen LogP contribution in [-0.4, -0.2) is 20.3 Å². The van der Waals surface area contributed by atoms with E-state index >= 15 is 0 Å². The van der Waals surface area contributed by atoms with Crippen LogP contribution in [0.1, 0.15) is 15.4 Å². The molecule has 0 unspecified atom stereocenters. The molecule has 0 spiro atoms. The zero-order valence-electron chi connectivity index (χ0n) is 8.88. The molecule has 0 N–H and O–H groups in total. The van der Waals surface area contributed by atoms with E-state index in [0.29, 0.717) is 15.6 Å². The van der Waals surface area contributed by atoms with Gasteiger partial charge in [0.05, 0.1) is 33.8 Å². The molecule has 0 aliphatic rings. The van der Waals surface area contributed by atoms with Crippen molar-refractivity contribution in [2.75, 3.05) is 0 Å². The van der Waals surface area contributed by atoms with Crippen LogP contribution in [0.5, 0.6) is 0 Å². The van der Waals surface area contributed by atoms with Gasteiger partial charge < -0.3 is 0 Å². The number of nitrogens with zero attached hydrogens (tertiary/aromatic N) is 3. The van der Waals surface area contributed by atoms with Gasteiger partial charge in [0.15, 0.2) is 5.78 Å². The molecule has 0 atom stereocenters. The van der Waals surface area contributed by atoms with Gasteiger partial charge in [-0.25, -0.2) is 14.8 Å². The Kier molecular flexibility index (Phi) is 3.35. The molecule has 88 valence electrons. The number of hydrogen-bond acceptors (Lipinski definition) is 5. The van der Waals surface area contributed by atoms with Crippen molar-refractivity contribution in [3.63, 3.8) is 0 Å². The van der Waals surface area contributed by atoms with Gasteiger partial charge in [-0.3, -0.25) is 9.36 Å². The SMILES string of the molecule is Cc1ncsc1C(=O)Cn1cc(Cl)cnc1=O. The maximum Gasteiger partial charge on any atom is 0.348 e. The van der Waals surface area contributed by atoms with Gasteiger partial charge in [-0.1, -0.05) is 11.6 Å². The van der Waals surface area contributed by atoms with Crippen molar-refractivity contribution < 1.29 is 4.79 Å². The van der Waals surface area contributed by atoms with Crippen molar-refractivity contribution in [2.45, 2.75) is 13.5 Å². The second-order valence-electron chi connectivity index (χ2n) is 3.37. The van der Waals surface area contributed by atoms with E-state index in [1.165, 1.54) is 28.3 Å². The number of thiazole rings is 1. The minimum Gasteiger partial charge on any atom is -0.291 e. The molecular weight excluding hydrogens is 262 g/mol. The lowest BCUT2D eigenvalue weighted by Gasteiger charge is -2.03. The molecular formula is C10H8ClN3O2S. The summed E-state index contributed by atoms with van der Waals surface area (Å²) in [4.78, 5) is 31.4. The third-order valence-electron chi connectivity index (χ3n) is 2.14. The zero-order chi connectivity index (χ0) is 12.4. The third kappa shape index (κ3) is 2.59. The van der Waals surface area contributed by atoms with Crippen molar-refractivity contribution in [2.24, 2.45) is 0 Å². The van der Waals surface area contributed by atoms with E-state index in [4.69, 9.17) is 11.6 Å². The largest absolute Gasteiger partial charge is 0.348 e. The highest BCUT2D eigenvalue weighted by Gasteiger charge is 2.13. The van der Waals surface area contributed by atoms with Crippen molar-refractivity contribution >= 4 is 28.7 Å². The van der Waals surface area contributed by atoms with Crippen LogP contribution in [0.15, 0.2) is 22.7 Å². The lowest BCUT2D eigenvalue weighted by Crippen LogP contribution is -2.25. The van der Waals surface area contributed by atoms with E-state index in [-0.39, 0.29) is 12.3 Å². The first-order valence-corrected chi connectivity index (χ1v) is 5.99. The van der Waals surface area contributed by atoms with Gasteiger partial charge in [-0.2, -0.15) is 0 Å². The van der Waals surface area contributed by atoms with E-state index in [0.717, 1.165) is 0 Å². The van der Waals surface area contributed by atoms with Gasteiger partial charge in [-0.15, -0.1) is 11.3 Å². The monoisotopic (exact) mass is 269 g/mol. The van der Waals surface area contributed by atoms with E-state index < -0.39 is 5.69 Å². The maximum absolute atomic E-state index is 11.9. The van der Waals surface area contributed by atoms with E-state index in [9.17, 15) is 9.59 Å². The molecule has 0 aliphatic carbocycles. The van der Waals surface area contributed by atoms with Gasteiger partial charge in [0.2, 0.25) is 0 Å². The average Bonchev–Trinajstić information content (AvgIpc) is 2.70. The summed E-state index contributed by atoms with van der Waals surface area (Å²) in [5.74, 6) is -0.170. The second kappa shape index (κ2) is 4.77. The number of Topliss-reactive ketones (excluding diaryl/α,β-unsaturated/α-hetero) is 1. The van der Waals surface area contributed by atoms with Crippen LogP contribution >= 0.6 is 22.9 Å². The van der Waals surface area contributed by atoms with Gasteiger partial charge >= 0.3 is 5.69 Å². The standard InChI is InChI=1S/C10H8ClN3O2S/c1-6-9(17-5-13-6)8(15)4-14-3-7(11)2-12-10(14)16/h2-3,5H,4H2,1H3. The molecule has 2 heterocycles. The Hall–Kier alpha value is -1.53. The number of halogens is 1. The summed E-state index contributed by atoms with van der Waals surface area (Å²) < 4.78 is 1.18. The van der Waals surface area contributed by atoms with Gasteiger partial charge in [-0.05, 0) is 6.92 Å². The van der Waals surface area contributed by atoms with E-state index in [1.807, 2.05) is 0 Å². The first-order chi connectivity index (χ1) is 8.08. The van der Waals surface area contributed by atoms with Crippen LogP contribution in [0.4, 0.5) is 0 Å². The summed E-state index contributed by atoms with van der Waals surface area (Å²) in [5, 5.41) is 0.318. The summed E-state index contributed by atoms with van der Waals surface area (Å²) in [7, 11) is 0. The second-order valence-corrected chi connectivity index (χ2v) is 4.66. The van der Waals surface area contributed by atoms with Crippen molar-refractivity contribution in [3.05, 3.63) is 44.0 Å². The van der Waals surface area contributed by atoms with E-state index in [2.05, 4.69) is 9.97 Å². The number of aryl methyl sites for hydroxylation is 1. The quantitative estimate of drug-likeness (QED) is 0.793. The van der Waals surface area contributed by atoms with Gasteiger partial charge in [0, 0.05) is 6.20 Å². The number of carbonyl (C=O) groups is 1. The molecule has 0 aliphatic heterocycles. The lowest BCUT2D eigenvalue weighted by molar-refractivity contribution is 0.0973. The molecule has 0 bridgehead atoms. The highest BCUT2D eigenvalue weighted by atomic mass is 35.5. The molecule has 2 rings (SSSR count). The Labute approximate surface area is 106 Å². The Bertz CT molecular complexity index is 620. The van der Waals surface area contributed by atoms with Crippen molar-refractivity contribution in [1.29, 1.82) is 0 Å². The molecule has 0 saturated carbocycles. The molecule has 0 saturated heterocycles. The fourth-order valence-electron chi connectivity index (χ4n) is 1.34. The number of rotatable bonds is 3. The third-order valence-corrected chi connectivity index (χ3v) is 3.30. The Morgan fingerprint density at radius 2 is 2.29 bits per heavy atom. The molecule has 5 nitrogen and oxygen atoms in total. The van der Waals surface area contributed by atoms with Crippen LogP contribution in [0.3, 0.4) is 0 Å². The minimum absolute atomic E-state index is 0.0740. The van der Waals surface area contributed by atoms with Crippen LogP contribution in [0.25, 0.3) is 0 Å². The molecule has 7 heteroatoms. The number of ketones is 1. The fraction of sp³-hybridized carbons (Fsp3) is 0.200. The maximum atomic E-state index is 11.9. The molecule has 2 aromatic heterocycles. The number of carbonyl (C=O) groups excluding carboxylic acids is 1. The first-order valence-electron chi connectivity index (χ1n) is 4.73. The summed E-state index contributed by atoms with van der Waals surface area (Å²) >= 11 is 6.97. The molecule has 0 aromatic carbocycles. The van der Waals surface area contributed by atoms with Crippen LogP contribution in [0, 0.1) is 6.92 Å². The van der Waals surface area contributed by atoms with Crippen LogP contribution < -0.4 is 5.69 Å². The summed E-state index contributed by atoms with van der Waals surface area (Å²) in [6.07, 6.45) is 2.65. The lowest BCUT2D eigenvalue weighted by atomic mass is 10.3. The van der Waals surface area contributed by atoms with Crippen molar-refractivity contribution in [1.82, 2.24) is 14.5 Å². The average molecular weight is 270 g/mol. The highest BCUT2D eigenvalue weighted by molar-refractivity contribution is 7.11. The minimum atomic E-state index is -0.495. The first kappa shape index (κ1) is 11.9. The zero-order valence-corrected chi connectivity index (χ0v) is 10.5. The van der Waals surface area contributed by atoms with Crippen LogP contribution in [0.2, 0.25) is 5.02 Å². The smallest absolute Gasteiger partial charge is 0.291 e. The number of aromatic nitrogens is 3. The van der Waals surface area contributed by atoms with Gasteiger partial charge in [0.1, 0.15) is 0 Å². The summed E-state index contributed by atoms with van der Waals surface area (Å²) in [6.45, 7) is 1.68. The predicted octanol–water partition coefficient (Wildman–Crippen LogP) is 1.54. The Morgan fingerprint density at radius 3 is 2.94 bits per heavy atom. The van der Waals surface area contributed by atoms with Gasteiger partial charge in [0.25, 0.3) is 0 Å².